The van der Waals surface area contributed by atoms with Gasteiger partial charge in [0.2, 0.25) is 0 Å². The zero-order valence-corrected chi connectivity index (χ0v) is 18.6. The highest BCUT2D eigenvalue weighted by Crippen LogP contribution is 2.29. The van der Waals surface area contributed by atoms with Crippen LogP contribution in [-0.2, 0) is 12.3 Å². The van der Waals surface area contributed by atoms with Gasteiger partial charge in [0.1, 0.15) is 5.75 Å². The van der Waals surface area contributed by atoms with Crippen molar-refractivity contribution in [2.75, 3.05) is 0 Å². The van der Waals surface area contributed by atoms with E-state index in [9.17, 15) is 0 Å². The molecular formula is C23H26ClN3OS. The van der Waals surface area contributed by atoms with Crippen molar-refractivity contribution < 1.29 is 4.74 Å². The second kappa shape index (κ2) is 9.99. The smallest absolute Gasteiger partial charge is 0.191 e. The van der Waals surface area contributed by atoms with E-state index in [1.54, 1.807) is 11.8 Å². The van der Waals surface area contributed by atoms with E-state index in [1.807, 2.05) is 54.0 Å². The molecule has 0 amide bonds. The summed E-state index contributed by atoms with van der Waals surface area (Å²) in [5.74, 6) is 2.82. The fourth-order valence-corrected chi connectivity index (χ4v) is 4.19. The molecule has 6 heteroatoms. The number of thioether (sulfide) groups is 1. The van der Waals surface area contributed by atoms with E-state index in [0.717, 1.165) is 33.1 Å². The van der Waals surface area contributed by atoms with E-state index in [4.69, 9.17) is 16.3 Å². The van der Waals surface area contributed by atoms with Gasteiger partial charge in [-0.15, -0.1) is 16.8 Å². The topological polar surface area (TPSA) is 39.9 Å². The molecule has 29 heavy (non-hydrogen) atoms. The average Bonchev–Trinajstić information content (AvgIpc) is 3.11. The highest BCUT2D eigenvalue weighted by atomic mass is 35.5. The number of halogens is 1. The Morgan fingerprint density at radius 3 is 2.48 bits per heavy atom. The van der Waals surface area contributed by atoms with Crippen LogP contribution in [0, 0.1) is 0 Å². The first-order chi connectivity index (χ1) is 14.0. The van der Waals surface area contributed by atoms with Crippen LogP contribution in [-0.4, -0.2) is 14.8 Å². The Hall–Kier alpha value is -2.24. The van der Waals surface area contributed by atoms with Crippen LogP contribution < -0.4 is 4.74 Å². The molecule has 0 aliphatic rings. The summed E-state index contributed by atoms with van der Waals surface area (Å²) in [5, 5.41) is 10.4. The van der Waals surface area contributed by atoms with Gasteiger partial charge in [-0.1, -0.05) is 73.6 Å². The molecule has 1 atom stereocenters. The normalized spacial score (nSPS) is 12.2. The molecular weight excluding hydrogens is 402 g/mol. The maximum atomic E-state index is 6.28. The number of allylic oxidation sites excluding steroid dienone is 1. The molecule has 1 heterocycles. The Kier molecular flexibility index (Phi) is 7.40. The highest BCUT2D eigenvalue weighted by molar-refractivity contribution is 7.98. The van der Waals surface area contributed by atoms with Crippen LogP contribution in [0.4, 0.5) is 0 Å². The lowest BCUT2D eigenvalue weighted by Gasteiger charge is -2.16. The van der Waals surface area contributed by atoms with Crippen LogP contribution in [0.25, 0.3) is 0 Å². The molecule has 152 valence electrons. The standard InChI is InChI=1S/C23H26ClN3OS/c1-5-14-27-22(17(4)28-20-12-10-18(11-13-20)16(2)3)25-26-23(27)29-15-19-8-6-7-9-21(19)24/h5-13,16-17H,1,14-15H2,2-4H3/t17-/m0/s1. The van der Waals surface area contributed by atoms with Gasteiger partial charge in [-0.25, -0.2) is 0 Å². The molecule has 0 spiro atoms. The van der Waals surface area contributed by atoms with E-state index in [2.05, 4.69) is 42.8 Å². The Labute approximate surface area is 182 Å². The Bertz CT molecular complexity index is 953. The van der Waals surface area contributed by atoms with E-state index in [1.165, 1.54) is 5.56 Å². The third kappa shape index (κ3) is 5.43. The lowest BCUT2D eigenvalue weighted by atomic mass is 10.0. The zero-order valence-electron chi connectivity index (χ0n) is 17.0. The molecule has 3 aromatic rings. The lowest BCUT2D eigenvalue weighted by Crippen LogP contribution is -2.12. The summed E-state index contributed by atoms with van der Waals surface area (Å²) in [7, 11) is 0. The van der Waals surface area contributed by atoms with Crippen LogP contribution in [0.2, 0.25) is 5.02 Å². The predicted molar refractivity (Wildman–Crippen MR) is 121 cm³/mol. The van der Waals surface area contributed by atoms with E-state index in [0.29, 0.717) is 12.5 Å². The summed E-state index contributed by atoms with van der Waals surface area (Å²) in [5.41, 5.74) is 2.36. The first-order valence-corrected chi connectivity index (χ1v) is 11.0. The van der Waals surface area contributed by atoms with Crippen LogP contribution in [0.15, 0.2) is 66.3 Å². The quantitative estimate of drug-likeness (QED) is 0.282. The predicted octanol–water partition coefficient (Wildman–Crippen LogP) is 6.67. The number of aromatic nitrogens is 3. The highest BCUT2D eigenvalue weighted by Gasteiger charge is 2.19. The average molecular weight is 428 g/mol. The van der Waals surface area contributed by atoms with Gasteiger partial charge < -0.3 is 4.74 Å². The van der Waals surface area contributed by atoms with Crippen LogP contribution in [0.5, 0.6) is 5.75 Å². The number of ether oxygens (including phenoxy) is 1. The van der Waals surface area contributed by atoms with Crippen molar-refractivity contribution in [1.82, 2.24) is 14.8 Å². The minimum Gasteiger partial charge on any atom is -0.483 e. The first-order valence-electron chi connectivity index (χ1n) is 9.66. The van der Waals surface area contributed by atoms with Gasteiger partial charge in [0.15, 0.2) is 17.1 Å². The Balaban J connectivity index is 1.74. The van der Waals surface area contributed by atoms with Crippen molar-refractivity contribution in [2.24, 2.45) is 0 Å². The molecule has 0 bridgehead atoms. The zero-order chi connectivity index (χ0) is 20.8. The second-order valence-electron chi connectivity index (χ2n) is 7.10. The fourth-order valence-electron chi connectivity index (χ4n) is 2.95. The van der Waals surface area contributed by atoms with Crippen LogP contribution >= 0.6 is 23.4 Å². The van der Waals surface area contributed by atoms with Gasteiger partial charge in [0.25, 0.3) is 0 Å². The number of nitrogens with zero attached hydrogens (tertiary/aromatic N) is 3. The summed E-state index contributed by atoms with van der Waals surface area (Å²) in [6.45, 7) is 10.8. The van der Waals surface area contributed by atoms with Gasteiger partial charge in [0, 0.05) is 17.3 Å². The molecule has 0 saturated heterocycles. The summed E-state index contributed by atoms with van der Waals surface area (Å²) >= 11 is 7.88. The first kappa shape index (κ1) is 21.5. The van der Waals surface area contributed by atoms with Crippen molar-refractivity contribution in [3.05, 3.63) is 83.2 Å². The molecule has 0 saturated carbocycles. The number of hydrogen-bond acceptors (Lipinski definition) is 4. The summed E-state index contributed by atoms with van der Waals surface area (Å²) in [6, 6.07) is 16.1. The lowest BCUT2D eigenvalue weighted by molar-refractivity contribution is 0.210. The Morgan fingerprint density at radius 1 is 1.10 bits per heavy atom. The monoisotopic (exact) mass is 427 g/mol. The minimum absolute atomic E-state index is 0.234. The molecule has 0 radical (unpaired) electrons. The molecule has 0 aliphatic heterocycles. The van der Waals surface area contributed by atoms with Crippen LogP contribution in [0.1, 0.15) is 49.7 Å². The van der Waals surface area contributed by atoms with Gasteiger partial charge in [-0.3, -0.25) is 4.57 Å². The minimum atomic E-state index is -0.234. The number of hydrogen-bond donors (Lipinski definition) is 0. The van der Waals surface area contributed by atoms with E-state index < -0.39 is 0 Å². The van der Waals surface area contributed by atoms with Gasteiger partial charge in [-0.2, -0.15) is 0 Å². The van der Waals surface area contributed by atoms with Crippen molar-refractivity contribution in [3.63, 3.8) is 0 Å². The molecule has 2 aromatic carbocycles. The van der Waals surface area contributed by atoms with Crippen molar-refractivity contribution in [3.8, 4) is 5.75 Å². The fraction of sp³-hybridized carbons (Fsp3) is 0.304. The largest absolute Gasteiger partial charge is 0.483 e. The third-order valence-corrected chi connectivity index (χ3v) is 5.98. The van der Waals surface area contributed by atoms with Crippen LogP contribution in [0.3, 0.4) is 0 Å². The van der Waals surface area contributed by atoms with Gasteiger partial charge in [0.05, 0.1) is 0 Å². The third-order valence-electron chi connectivity index (χ3n) is 4.59. The summed E-state index contributed by atoms with van der Waals surface area (Å²) in [4.78, 5) is 0. The maximum absolute atomic E-state index is 6.28. The van der Waals surface area contributed by atoms with Gasteiger partial charge in [-0.05, 0) is 42.2 Å². The van der Waals surface area contributed by atoms with Crippen molar-refractivity contribution >= 4 is 23.4 Å². The van der Waals surface area contributed by atoms with Crippen molar-refractivity contribution in [2.45, 2.75) is 50.2 Å². The molecule has 3 rings (SSSR count). The Morgan fingerprint density at radius 2 is 1.83 bits per heavy atom. The number of benzene rings is 2. The van der Waals surface area contributed by atoms with E-state index in [-0.39, 0.29) is 6.10 Å². The number of rotatable bonds is 9. The summed E-state index contributed by atoms with van der Waals surface area (Å²) in [6.07, 6.45) is 1.61. The summed E-state index contributed by atoms with van der Waals surface area (Å²) < 4.78 is 8.17. The van der Waals surface area contributed by atoms with Crippen molar-refractivity contribution in [1.29, 1.82) is 0 Å². The van der Waals surface area contributed by atoms with E-state index >= 15 is 0 Å². The molecule has 0 fully saturated rings. The second-order valence-corrected chi connectivity index (χ2v) is 8.45. The van der Waals surface area contributed by atoms with Gasteiger partial charge >= 0.3 is 0 Å². The molecule has 0 N–H and O–H groups in total. The molecule has 4 nitrogen and oxygen atoms in total. The molecule has 0 aliphatic carbocycles. The molecule has 0 unspecified atom stereocenters. The molecule has 1 aromatic heterocycles. The maximum Gasteiger partial charge on any atom is 0.191 e. The SMILES string of the molecule is C=CCn1c(SCc2ccccc2Cl)nnc1[C@H](C)Oc1ccc(C(C)C)cc1.